The van der Waals surface area contributed by atoms with E-state index in [1.165, 1.54) is 32.2 Å². The molecule has 2 fully saturated rings. The maximum Gasteiger partial charge on any atom is 0.0695 e. The summed E-state index contributed by atoms with van der Waals surface area (Å²) in [5, 5.41) is 10.3. The molecule has 0 aromatic carbocycles. The molecule has 1 N–H and O–H groups in total. The lowest BCUT2D eigenvalue weighted by Gasteiger charge is -2.45. The van der Waals surface area contributed by atoms with Gasteiger partial charge in [0.25, 0.3) is 0 Å². The SMILES string of the molecule is CC(C)C1CCC(O)C(N2CCCC2(C)C)C1. The van der Waals surface area contributed by atoms with Crippen LogP contribution in [0.15, 0.2) is 0 Å². The smallest absolute Gasteiger partial charge is 0.0695 e. The van der Waals surface area contributed by atoms with E-state index in [0.29, 0.717) is 11.6 Å². The highest BCUT2D eigenvalue weighted by atomic mass is 16.3. The van der Waals surface area contributed by atoms with Gasteiger partial charge in [0.05, 0.1) is 6.10 Å². The summed E-state index contributed by atoms with van der Waals surface area (Å²) >= 11 is 0. The Labute approximate surface area is 106 Å². The fraction of sp³-hybridized carbons (Fsp3) is 1.00. The summed E-state index contributed by atoms with van der Waals surface area (Å²) in [5.41, 5.74) is 0.296. The molecular weight excluding hydrogens is 210 g/mol. The van der Waals surface area contributed by atoms with Crippen molar-refractivity contribution in [1.29, 1.82) is 0 Å². The van der Waals surface area contributed by atoms with Crippen molar-refractivity contribution in [3.05, 3.63) is 0 Å². The maximum atomic E-state index is 10.3. The van der Waals surface area contributed by atoms with Crippen LogP contribution in [0.3, 0.4) is 0 Å². The minimum atomic E-state index is -0.0950. The Hall–Kier alpha value is -0.0800. The Balaban J connectivity index is 2.07. The van der Waals surface area contributed by atoms with Crippen LogP contribution in [0.1, 0.15) is 59.8 Å². The van der Waals surface area contributed by atoms with E-state index in [0.717, 1.165) is 18.3 Å². The second kappa shape index (κ2) is 4.89. The zero-order chi connectivity index (χ0) is 12.6. The monoisotopic (exact) mass is 239 g/mol. The number of hydrogen-bond acceptors (Lipinski definition) is 2. The lowest BCUT2D eigenvalue weighted by Crippen LogP contribution is -2.53. The molecule has 0 amide bonds. The molecule has 1 heterocycles. The fourth-order valence-electron chi connectivity index (χ4n) is 3.85. The van der Waals surface area contributed by atoms with E-state index >= 15 is 0 Å². The zero-order valence-electron chi connectivity index (χ0n) is 11.9. The Kier molecular flexibility index (Phi) is 3.84. The van der Waals surface area contributed by atoms with Gasteiger partial charge < -0.3 is 5.11 Å². The standard InChI is InChI=1S/C15H29NO/c1-11(2)12-6-7-14(17)13(10-12)16-9-5-8-15(16,3)4/h11-14,17H,5-10H2,1-4H3. The number of likely N-dealkylation sites (tertiary alicyclic amines) is 1. The third-order valence-electron chi connectivity index (χ3n) is 5.13. The van der Waals surface area contributed by atoms with Crippen LogP contribution in [-0.2, 0) is 0 Å². The first kappa shape index (κ1) is 13.4. The highest BCUT2D eigenvalue weighted by Gasteiger charge is 2.42. The number of hydrogen-bond donors (Lipinski definition) is 1. The van der Waals surface area contributed by atoms with E-state index < -0.39 is 0 Å². The zero-order valence-corrected chi connectivity index (χ0v) is 11.9. The van der Waals surface area contributed by atoms with Gasteiger partial charge >= 0.3 is 0 Å². The molecule has 3 atom stereocenters. The lowest BCUT2D eigenvalue weighted by atomic mass is 9.76. The summed E-state index contributed by atoms with van der Waals surface area (Å²) in [6, 6.07) is 0.411. The third-order valence-corrected chi connectivity index (χ3v) is 5.13. The molecule has 1 aliphatic heterocycles. The Morgan fingerprint density at radius 2 is 1.94 bits per heavy atom. The number of rotatable bonds is 2. The van der Waals surface area contributed by atoms with Gasteiger partial charge in [-0.15, -0.1) is 0 Å². The molecule has 0 spiro atoms. The molecule has 2 aliphatic rings. The summed E-state index contributed by atoms with van der Waals surface area (Å²) in [6.45, 7) is 10.5. The Morgan fingerprint density at radius 1 is 1.24 bits per heavy atom. The highest BCUT2D eigenvalue weighted by Crippen LogP contribution is 2.39. The van der Waals surface area contributed by atoms with Crippen molar-refractivity contribution in [3.63, 3.8) is 0 Å². The van der Waals surface area contributed by atoms with E-state index in [2.05, 4.69) is 32.6 Å². The molecule has 2 rings (SSSR count). The molecular formula is C15H29NO. The summed E-state index contributed by atoms with van der Waals surface area (Å²) in [4.78, 5) is 2.59. The average Bonchev–Trinajstić information content (AvgIpc) is 2.58. The normalized spacial score (nSPS) is 38.8. The molecule has 1 aliphatic carbocycles. The summed E-state index contributed by atoms with van der Waals surface area (Å²) in [6.07, 6.45) is 5.89. The van der Waals surface area contributed by atoms with E-state index in [4.69, 9.17) is 0 Å². The lowest BCUT2D eigenvalue weighted by molar-refractivity contribution is -0.0286. The van der Waals surface area contributed by atoms with Crippen molar-refractivity contribution in [2.75, 3.05) is 6.54 Å². The predicted molar refractivity (Wildman–Crippen MR) is 72.0 cm³/mol. The van der Waals surface area contributed by atoms with Crippen LogP contribution in [0, 0.1) is 11.8 Å². The molecule has 2 heteroatoms. The second-order valence-corrected chi connectivity index (χ2v) is 7.06. The number of aliphatic hydroxyl groups excluding tert-OH is 1. The molecule has 100 valence electrons. The van der Waals surface area contributed by atoms with Gasteiger partial charge in [-0.25, -0.2) is 0 Å². The first-order valence-electron chi connectivity index (χ1n) is 7.36. The van der Waals surface area contributed by atoms with Gasteiger partial charge in [-0.2, -0.15) is 0 Å². The van der Waals surface area contributed by atoms with Gasteiger partial charge in [0.1, 0.15) is 0 Å². The number of aliphatic hydroxyl groups is 1. The van der Waals surface area contributed by atoms with Crippen molar-refractivity contribution in [2.24, 2.45) is 11.8 Å². The Bertz CT molecular complexity index is 262. The van der Waals surface area contributed by atoms with Crippen LogP contribution in [0.25, 0.3) is 0 Å². The second-order valence-electron chi connectivity index (χ2n) is 7.06. The summed E-state index contributed by atoms with van der Waals surface area (Å²) in [5.74, 6) is 1.57. The predicted octanol–water partition coefficient (Wildman–Crippen LogP) is 3.05. The van der Waals surface area contributed by atoms with Gasteiger partial charge in [0, 0.05) is 11.6 Å². The van der Waals surface area contributed by atoms with Crippen LogP contribution in [0.5, 0.6) is 0 Å². The molecule has 2 nitrogen and oxygen atoms in total. The van der Waals surface area contributed by atoms with Crippen LogP contribution in [-0.4, -0.2) is 34.2 Å². The van der Waals surface area contributed by atoms with Crippen molar-refractivity contribution in [2.45, 2.75) is 77.5 Å². The van der Waals surface area contributed by atoms with Crippen molar-refractivity contribution in [1.82, 2.24) is 4.90 Å². The molecule has 0 aromatic rings. The molecule has 0 aromatic heterocycles. The van der Waals surface area contributed by atoms with E-state index in [-0.39, 0.29) is 6.10 Å². The quantitative estimate of drug-likeness (QED) is 0.800. The van der Waals surface area contributed by atoms with Gasteiger partial charge in [-0.1, -0.05) is 13.8 Å². The summed E-state index contributed by atoms with van der Waals surface area (Å²) in [7, 11) is 0. The molecule has 0 radical (unpaired) electrons. The van der Waals surface area contributed by atoms with Crippen LogP contribution >= 0.6 is 0 Å². The van der Waals surface area contributed by atoms with Gasteiger partial charge in [0.2, 0.25) is 0 Å². The van der Waals surface area contributed by atoms with E-state index in [9.17, 15) is 5.11 Å². The largest absolute Gasteiger partial charge is 0.391 e. The van der Waals surface area contributed by atoms with Gasteiger partial charge in [-0.05, 0) is 64.3 Å². The fourth-order valence-corrected chi connectivity index (χ4v) is 3.85. The Morgan fingerprint density at radius 3 is 2.47 bits per heavy atom. The topological polar surface area (TPSA) is 23.5 Å². The maximum absolute atomic E-state index is 10.3. The van der Waals surface area contributed by atoms with Crippen molar-refractivity contribution < 1.29 is 5.11 Å². The highest BCUT2D eigenvalue weighted by molar-refractivity contribution is 4.97. The molecule has 3 unspecified atom stereocenters. The molecule has 1 saturated heterocycles. The minimum absolute atomic E-state index is 0.0950. The van der Waals surface area contributed by atoms with E-state index in [1.807, 2.05) is 0 Å². The van der Waals surface area contributed by atoms with Gasteiger partial charge in [-0.3, -0.25) is 4.90 Å². The minimum Gasteiger partial charge on any atom is -0.391 e. The first-order valence-corrected chi connectivity index (χ1v) is 7.36. The number of nitrogens with zero attached hydrogens (tertiary/aromatic N) is 1. The third kappa shape index (κ3) is 2.68. The first-order chi connectivity index (χ1) is 7.92. The molecule has 0 bridgehead atoms. The molecule has 1 saturated carbocycles. The molecule has 17 heavy (non-hydrogen) atoms. The van der Waals surface area contributed by atoms with Crippen molar-refractivity contribution in [3.8, 4) is 0 Å². The summed E-state index contributed by atoms with van der Waals surface area (Å²) < 4.78 is 0. The van der Waals surface area contributed by atoms with Crippen LogP contribution in [0.2, 0.25) is 0 Å². The van der Waals surface area contributed by atoms with Crippen LogP contribution in [0.4, 0.5) is 0 Å². The van der Waals surface area contributed by atoms with Crippen molar-refractivity contribution >= 4 is 0 Å². The van der Waals surface area contributed by atoms with E-state index in [1.54, 1.807) is 0 Å². The van der Waals surface area contributed by atoms with Crippen LogP contribution < -0.4 is 0 Å². The average molecular weight is 239 g/mol. The van der Waals surface area contributed by atoms with Gasteiger partial charge in [0.15, 0.2) is 0 Å².